The fourth-order valence-corrected chi connectivity index (χ4v) is 3.06. The Hall–Kier alpha value is -1.47. The first-order valence-electron chi connectivity index (χ1n) is 6.58. The van der Waals surface area contributed by atoms with Gasteiger partial charge in [0.15, 0.2) is 5.16 Å². The van der Waals surface area contributed by atoms with Crippen molar-refractivity contribution in [2.75, 3.05) is 18.1 Å². The molecule has 0 bridgehead atoms. The van der Waals surface area contributed by atoms with Crippen LogP contribution in [0.25, 0.3) is 0 Å². The van der Waals surface area contributed by atoms with Gasteiger partial charge in [-0.25, -0.2) is 0 Å². The van der Waals surface area contributed by atoms with Gasteiger partial charge in [-0.1, -0.05) is 29.5 Å². The number of nitrogens with zero attached hydrogens (tertiary/aromatic N) is 3. The van der Waals surface area contributed by atoms with E-state index in [0.29, 0.717) is 12.3 Å². The highest BCUT2D eigenvalue weighted by Gasteiger charge is 2.06. The number of thioether (sulfide) groups is 2. The monoisotopic (exact) mass is 322 g/mol. The molecule has 0 aliphatic carbocycles. The van der Waals surface area contributed by atoms with Crippen LogP contribution >= 0.6 is 23.5 Å². The molecule has 0 radical (unpaired) electrons. The van der Waals surface area contributed by atoms with Crippen LogP contribution in [0, 0.1) is 6.92 Å². The number of rotatable bonds is 7. The molecule has 0 spiro atoms. The molecule has 21 heavy (non-hydrogen) atoms. The molecule has 0 atom stereocenters. The summed E-state index contributed by atoms with van der Waals surface area (Å²) in [5, 5.41) is 11.4. The second-order valence-corrected chi connectivity index (χ2v) is 6.64. The maximum Gasteiger partial charge on any atom is 0.230 e. The molecule has 1 amide bonds. The molecular weight excluding hydrogens is 304 g/mol. The highest BCUT2D eigenvalue weighted by Crippen LogP contribution is 2.17. The maximum atomic E-state index is 11.7. The minimum absolute atomic E-state index is 0.0208. The Morgan fingerprint density at radius 3 is 2.71 bits per heavy atom. The summed E-state index contributed by atoms with van der Waals surface area (Å²) in [6.07, 6.45) is 1.62. The van der Waals surface area contributed by atoms with Crippen LogP contribution in [0.4, 0.5) is 0 Å². The third kappa shape index (κ3) is 5.43. The lowest BCUT2D eigenvalue weighted by atomic mass is 10.2. The molecule has 112 valence electrons. The second-order valence-electron chi connectivity index (χ2n) is 4.52. The Bertz CT molecular complexity index is 583. The van der Waals surface area contributed by atoms with Crippen molar-refractivity contribution in [3.8, 4) is 0 Å². The number of hydrogen-bond acceptors (Lipinski definition) is 5. The minimum Gasteiger partial charge on any atom is -0.355 e. The van der Waals surface area contributed by atoms with E-state index in [1.807, 2.05) is 7.05 Å². The summed E-state index contributed by atoms with van der Waals surface area (Å²) in [6.45, 7) is 2.74. The van der Waals surface area contributed by atoms with Gasteiger partial charge in [-0.3, -0.25) is 4.79 Å². The van der Waals surface area contributed by atoms with Crippen LogP contribution in [0.2, 0.25) is 0 Å². The zero-order chi connectivity index (χ0) is 15.1. The number of amides is 1. The number of aryl methyl sites for hydroxylation is 2. The molecule has 0 aliphatic heterocycles. The summed E-state index contributed by atoms with van der Waals surface area (Å²) in [5.74, 6) is 1.25. The Balaban J connectivity index is 1.61. The minimum atomic E-state index is 0.0208. The summed E-state index contributed by atoms with van der Waals surface area (Å²) in [7, 11) is 1.86. The fraction of sp³-hybridized carbons (Fsp3) is 0.357. The fourth-order valence-electron chi connectivity index (χ4n) is 1.58. The first-order chi connectivity index (χ1) is 10.1. The molecular formula is C14H18N4OS2. The molecule has 1 aromatic carbocycles. The standard InChI is InChI=1S/C14H18N4OS2/c1-11-3-5-12(6-4-11)20-8-7-15-13(19)9-21-14-17-16-10-18(14)2/h3-6,10H,7-9H2,1-2H3,(H,15,19). The molecule has 0 unspecified atom stereocenters. The van der Waals surface area contributed by atoms with Crippen LogP contribution in [0.5, 0.6) is 0 Å². The molecule has 0 saturated carbocycles. The van der Waals surface area contributed by atoms with Crippen LogP contribution in [0.1, 0.15) is 5.56 Å². The zero-order valence-electron chi connectivity index (χ0n) is 12.1. The quantitative estimate of drug-likeness (QED) is 0.625. The predicted molar refractivity (Wildman–Crippen MR) is 86.6 cm³/mol. The smallest absolute Gasteiger partial charge is 0.230 e. The number of hydrogen-bond donors (Lipinski definition) is 1. The first kappa shape index (κ1) is 15.9. The number of benzene rings is 1. The van der Waals surface area contributed by atoms with E-state index in [2.05, 4.69) is 46.7 Å². The molecule has 1 N–H and O–H groups in total. The first-order valence-corrected chi connectivity index (χ1v) is 8.55. The Kier molecular flexibility index (Phi) is 6.13. The van der Waals surface area contributed by atoms with Crippen molar-refractivity contribution in [2.24, 2.45) is 7.05 Å². The van der Waals surface area contributed by atoms with Gasteiger partial charge in [0.25, 0.3) is 0 Å². The molecule has 5 nitrogen and oxygen atoms in total. The van der Waals surface area contributed by atoms with E-state index in [0.717, 1.165) is 10.9 Å². The van der Waals surface area contributed by atoms with Crippen molar-refractivity contribution in [3.63, 3.8) is 0 Å². The summed E-state index contributed by atoms with van der Waals surface area (Å²) in [5.41, 5.74) is 1.26. The lowest BCUT2D eigenvalue weighted by Gasteiger charge is -2.05. The number of carbonyl (C=O) groups is 1. The Morgan fingerprint density at radius 2 is 2.05 bits per heavy atom. The van der Waals surface area contributed by atoms with Crippen molar-refractivity contribution in [3.05, 3.63) is 36.2 Å². The van der Waals surface area contributed by atoms with Crippen molar-refractivity contribution in [1.82, 2.24) is 20.1 Å². The van der Waals surface area contributed by atoms with E-state index in [9.17, 15) is 4.79 Å². The number of aromatic nitrogens is 3. The van der Waals surface area contributed by atoms with E-state index >= 15 is 0 Å². The molecule has 0 saturated heterocycles. The van der Waals surface area contributed by atoms with Gasteiger partial charge in [-0.2, -0.15) is 0 Å². The van der Waals surface area contributed by atoms with Crippen LogP contribution in [0.15, 0.2) is 40.6 Å². The lowest BCUT2D eigenvalue weighted by molar-refractivity contribution is -0.118. The summed E-state index contributed by atoms with van der Waals surface area (Å²) in [6, 6.07) is 8.40. The molecule has 0 fully saturated rings. The van der Waals surface area contributed by atoms with Gasteiger partial charge in [0.2, 0.25) is 5.91 Å². The van der Waals surface area contributed by atoms with Crippen LogP contribution in [-0.4, -0.2) is 38.7 Å². The van der Waals surface area contributed by atoms with Gasteiger partial charge in [0.1, 0.15) is 6.33 Å². The summed E-state index contributed by atoms with van der Waals surface area (Å²) in [4.78, 5) is 12.9. The van der Waals surface area contributed by atoms with Gasteiger partial charge < -0.3 is 9.88 Å². The van der Waals surface area contributed by atoms with Crippen molar-refractivity contribution < 1.29 is 4.79 Å². The van der Waals surface area contributed by atoms with Crippen LogP contribution in [-0.2, 0) is 11.8 Å². The summed E-state index contributed by atoms with van der Waals surface area (Å²) < 4.78 is 1.80. The Labute approximate surface area is 132 Å². The van der Waals surface area contributed by atoms with Gasteiger partial charge in [0.05, 0.1) is 5.75 Å². The average Bonchev–Trinajstić information content (AvgIpc) is 2.89. The van der Waals surface area contributed by atoms with Gasteiger partial charge in [-0.15, -0.1) is 22.0 Å². The highest BCUT2D eigenvalue weighted by atomic mass is 32.2. The van der Waals surface area contributed by atoms with Crippen molar-refractivity contribution in [2.45, 2.75) is 17.0 Å². The molecule has 1 heterocycles. The third-order valence-electron chi connectivity index (χ3n) is 2.72. The molecule has 0 aliphatic rings. The van der Waals surface area contributed by atoms with E-state index in [-0.39, 0.29) is 5.91 Å². The molecule has 2 rings (SSSR count). The Morgan fingerprint density at radius 1 is 1.29 bits per heavy atom. The van der Waals surface area contributed by atoms with Gasteiger partial charge in [0, 0.05) is 24.2 Å². The van der Waals surface area contributed by atoms with Crippen LogP contribution < -0.4 is 5.32 Å². The third-order valence-corrected chi connectivity index (χ3v) is 4.76. The summed E-state index contributed by atoms with van der Waals surface area (Å²) >= 11 is 3.13. The van der Waals surface area contributed by atoms with Crippen molar-refractivity contribution >= 4 is 29.4 Å². The number of nitrogens with one attached hydrogen (secondary N) is 1. The van der Waals surface area contributed by atoms with E-state index in [4.69, 9.17) is 0 Å². The lowest BCUT2D eigenvalue weighted by Crippen LogP contribution is -2.27. The van der Waals surface area contributed by atoms with E-state index in [1.54, 1.807) is 22.7 Å². The molecule has 7 heteroatoms. The second kappa shape index (κ2) is 8.09. The average molecular weight is 322 g/mol. The topological polar surface area (TPSA) is 59.8 Å². The van der Waals surface area contributed by atoms with Crippen molar-refractivity contribution in [1.29, 1.82) is 0 Å². The van der Waals surface area contributed by atoms with Gasteiger partial charge in [-0.05, 0) is 19.1 Å². The largest absolute Gasteiger partial charge is 0.355 e. The SMILES string of the molecule is Cc1ccc(SCCNC(=O)CSc2nncn2C)cc1. The normalized spacial score (nSPS) is 10.6. The van der Waals surface area contributed by atoms with Crippen LogP contribution in [0.3, 0.4) is 0 Å². The molecule has 2 aromatic rings. The zero-order valence-corrected chi connectivity index (χ0v) is 13.7. The highest BCUT2D eigenvalue weighted by molar-refractivity contribution is 7.99. The maximum absolute atomic E-state index is 11.7. The van der Waals surface area contributed by atoms with E-state index in [1.165, 1.54) is 22.2 Å². The van der Waals surface area contributed by atoms with Gasteiger partial charge >= 0.3 is 0 Å². The predicted octanol–water partition coefficient (Wildman–Crippen LogP) is 2.12. The molecule has 1 aromatic heterocycles. The van der Waals surface area contributed by atoms with E-state index < -0.39 is 0 Å². The number of carbonyl (C=O) groups excluding carboxylic acids is 1.